The van der Waals surface area contributed by atoms with Crippen LogP contribution in [0.2, 0.25) is 0 Å². The molecule has 0 fully saturated rings. The van der Waals surface area contributed by atoms with Gasteiger partial charge in [-0.15, -0.1) is 0 Å². The van der Waals surface area contributed by atoms with Crippen LogP contribution in [-0.2, 0) is 4.79 Å². The van der Waals surface area contributed by atoms with Crippen LogP contribution in [0.5, 0.6) is 0 Å². The molecule has 0 aromatic heterocycles. The summed E-state index contributed by atoms with van der Waals surface area (Å²) >= 11 is 0. The van der Waals surface area contributed by atoms with Gasteiger partial charge in [-0.05, 0) is 18.2 Å². The van der Waals surface area contributed by atoms with E-state index >= 15 is 0 Å². The number of carboxylic acids is 1. The van der Waals surface area contributed by atoms with Crippen molar-refractivity contribution in [2.45, 2.75) is 13.8 Å². The van der Waals surface area contributed by atoms with Crippen LogP contribution < -0.4 is 5.32 Å². The lowest BCUT2D eigenvalue weighted by atomic mass is 10.1. The van der Waals surface area contributed by atoms with Crippen LogP contribution in [0.25, 0.3) is 0 Å². The second-order valence-corrected chi connectivity index (χ2v) is 3.64. The second-order valence-electron chi connectivity index (χ2n) is 3.64. The third-order valence-electron chi connectivity index (χ3n) is 2.00. The molecule has 5 heteroatoms. The smallest absolute Gasteiger partial charge is 0.335 e. The summed E-state index contributed by atoms with van der Waals surface area (Å²) in [6, 6.07) is 3.25. The van der Waals surface area contributed by atoms with Crippen molar-refractivity contribution in [2.75, 3.05) is 5.32 Å². The molecule has 16 heavy (non-hydrogen) atoms. The Kier molecular flexibility index (Phi) is 3.60. The third-order valence-corrected chi connectivity index (χ3v) is 2.00. The van der Waals surface area contributed by atoms with Crippen molar-refractivity contribution in [3.8, 4) is 0 Å². The summed E-state index contributed by atoms with van der Waals surface area (Å²) in [6.45, 7) is 3.32. The molecule has 0 saturated carbocycles. The molecule has 1 aromatic rings. The van der Waals surface area contributed by atoms with Crippen LogP contribution in [0.1, 0.15) is 24.2 Å². The molecule has 1 rings (SSSR count). The van der Waals surface area contributed by atoms with E-state index in [1.807, 2.05) is 0 Å². The summed E-state index contributed by atoms with van der Waals surface area (Å²) in [5.41, 5.74) is -0.181. The summed E-state index contributed by atoms with van der Waals surface area (Å²) < 4.78 is 13.2. The number of aromatic carboxylic acids is 1. The van der Waals surface area contributed by atoms with Gasteiger partial charge in [0.25, 0.3) is 0 Å². The highest BCUT2D eigenvalue weighted by Gasteiger charge is 2.12. The summed E-state index contributed by atoms with van der Waals surface area (Å²) in [4.78, 5) is 22.0. The normalized spacial score (nSPS) is 10.2. The van der Waals surface area contributed by atoms with Crippen molar-refractivity contribution in [1.82, 2.24) is 0 Å². The number of nitrogens with one attached hydrogen (secondary N) is 1. The van der Waals surface area contributed by atoms with Gasteiger partial charge in [0.05, 0.1) is 11.3 Å². The molecule has 0 radical (unpaired) electrons. The van der Waals surface area contributed by atoms with Crippen molar-refractivity contribution in [2.24, 2.45) is 5.92 Å². The van der Waals surface area contributed by atoms with Crippen molar-refractivity contribution in [3.63, 3.8) is 0 Å². The first-order valence-electron chi connectivity index (χ1n) is 4.75. The van der Waals surface area contributed by atoms with Gasteiger partial charge in [-0.3, -0.25) is 4.79 Å². The van der Waals surface area contributed by atoms with Crippen LogP contribution in [0.3, 0.4) is 0 Å². The maximum Gasteiger partial charge on any atom is 0.335 e. The lowest BCUT2D eigenvalue weighted by Crippen LogP contribution is -2.18. The highest BCUT2D eigenvalue weighted by atomic mass is 19.1. The second kappa shape index (κ2) is 4.74. The average molecular weight is 225 g/mol. The minimum atomic E-state index is -1.17. The SMILES string of the molecule is CC(C)C(=O)Nc1cc(C(=O)O)ccc1F. The Balaban J connectivity index is 2.99. The minimum Gasteiger partial charge on any atom is -0.478 e. The van der Waals surface area contributed by atoms with E-state index in [4.69, 9.17) is 5.11 Å². The summed E-state index contributed by atoms with van der Waals surface area (Å²) in [5, 5.41) is 11.0. The monoisotopic (exact) mass is 225 g/mol. The fraction of sp³-hybridized carbons (Fsp3) is 0.273. The number of hydrogen-bond acceptors (Lipinski definition) is 2. The van der Waals surface area contributed by atoms with Crippen LogP contribution in [0.4, 0.5) is 10.1 Å². The zero-order chi connectivity index (χ0) is 12.3. The molecule has 0 bridgehead atoms. The molecular weight excluding hydrogens is 213 g/mol. The quantitative estimate of drug-likeness (QED) is 0.827. The Labute approximate surface area is 92.1 Å². The minimum absolute atomic E-state index is 0.0690. The van der Waals surface area contributed by atoms with Gasteiger partial charge in [-0.2, -0.15) is 0 Å². The zero-order valence-electron chi connectivity index (χ0n) is 8.95. The van der Waals surface area contributed by atoms with E-state index in [1.54, 1.807) is 13.8 Å². The van der Waals surface area contributed by atoms with E-state index in [0.29, 0.717) is 0 Å². The van der Waals surface area contributed by atoms with Crippen LogP contribution in [-0.4, -0.2) is 17.0 Å². The maximum absolute atomic E-state index is 13.2. The predicted molar refractivity (Wildman–Crippen MR) is 56.8 cm³/mol. The lowest BCUT2D eigenvalue weighted by molar-refractivity contribution is -0.118. The molecule has 86 valence electrons. The number of benzene rings is 1. The molecule has 0 aliphatic heterocycles. The van der Waals surface area contributed by atoms with Crippen molar-refractivity contribution in [3.05, 3.63) is 29.6 Å². The van der Waals surface area contributed by atoms with E-state index < -0.39 is 11.8 Å². The summed E-state index contributed by atoms with van der Waals surface area (Å²) in [6.07, 6.45) is 0. The Morgan fingerprint density at radius 3 is 2.50 bits per heavy atom. The Hall–Kier alpha value is -1.91. The molecule has 0 unspecified atom stereocenters. The van der Waals surface area contributed by atoms with Gasteiger partial charge in [-0.1, -0.05) is 13.8 Å². The fourth-order valence-electron chi connectivity index (χ4n) is 1.03. The van der Waals surface area contributed by atoms with Crippen LogP contribution in [0.15, 0.2) is 18.2 Å². The highest BCUT2D eigenvalue weighted by Crippen LogP contribution is 2.17. The van der Waals surface area contributed by atoms with E-state index in [0.717, 1.165) is 18.2 Å². The van der Waals surface area contributed by atoms with Gasteiger partial charge >= 0.3 is 5.97 Å². The molecule has 0 saturated heterocycles. The topological polar surface area (TPSA) is 66.4 Å². The van der Waals surface area contributed by atoms with Gasteiger partial charge < -0.3 is 10.4 Å². The molecule has 1 aromatic carbocycles. The number of amides is 1. The van der Waals surface area contributed by atoms with E-state index in [-0.39, 0.29) is 23.1 Å². The van der Waals surface area contributed by atoms with Crippen molar-refractivity contribution < 1.29 is 19.1 Å². The third kappa shape index (κ3) is 2.79. The van der Waals surface area contributed by atoms with Gasteiger partial charge in [0, 0.05) is 5.92 Å². The maximum atomic E-state index is 13.2. The van der Waals surface area contributed by atoms with Gasteiger partial charge in [0.1, 0.15) is 5.82 Å². The van der Waals surface area contributed by atoms with E-state index in [9.17, 15) is 14.0 Å². The Bertz CT molecular complexity index is 429. The zero-order valence-corrected chi connectivity index (χ0v) is 8.95. The Morgan fingerprint density at radius 1 is 1.38 bits per heavy atom. The van der Waals surface area contributed by atoms with Crippen molar-refractivity contribution >= 4 is 17.6 Å². The summed E-state index contributed by atoms with van der Waals surface area (Å²) in [7, 11) is 0. The number of carbonyl (C=O) groups is 2. The molecular formula is C11H12FNO3. The van der Waals surface area contributed by atoms with Gasteiger partial charge in [0.2, 0.25) is 5.91 Å². The standard InChI is InChI=1S/C11H12FNO3/c1-6(2)10(14)13-9-5-7(11(15)16)3-4-8(9)12/h3-6H,1-2H3,(H,13,14)(H,15,16). The molecule has 0 aliphatic rings. The molecule has 0 aliphatic carbocycles. The first kappa shape index (κ1) is 12.2. The largest absolute Gasteiger partial charge is 0.478 e. The highest BCUT2D eigenvalue weighted by molar-refractivity contribution is 5.94. The van der Waals surface area contributed by atoms with Crippen LogP contribution in [0, 0.1) is 11.7 Å². The fourth-order valence-corrected chi connectivity index (χ4v) is 1.03. The van der Waals surface area contributed by atoms with E-state index in [2.05, 4.69) is 5.32 Å². The summed E-state index contributed by atoms with van der Waals surface area (Å²) in [5.74, 6) is -2.48. The predicted octanol–water partition coefficient (Wildman–Crippen LogP) is 2.12. The number of rotatable bonds is 3. The molecule has 2 N–H and O–H groups in total. The number of anilines is 1. The molecule has 4 nitrogen and oxygen atoms in total. The number of hydrogen-bond donors (Lipinski definition) is 2. The van der Waals surface area contributed by atoms with Crippen LogP contribution >= 0.6 is 0 Å². The molecule has 0 spiro atoms. The first-order chi connectivity index (χ1) is 7.41. The Morgan fingerprint density at radius 2 is 2.00 bits per heavy atom. The molecule has 1 amide bonds. The number of carbonyl (C=O) groups excluding carboxylic acids is 1. The molecule has 0 heterocycles. The van der Waals surface area contributed by atoms with E-state index in [1.165, 1.54) is 0 Å². The van der Waals surface area contributed by atoms with Gasteiger partial charge in [-0.25, -0.2) is 9.18 Å². The number of halogens is 1. The average Bonchev–Trinajstić information content (AvgIpc) is 2.20. The lowest BCUT2D eigenvalue weighted by Gasteiger charge is -2.09. The van der Waals surface area contributed by atoms with Crippen molar-refractivity contribution in [1.29, 1.82) is 0 Å². The number of carboxylic acid groups (broad SMARTS) is 1. The molecule has 0 atom stereocenters. The van der Waals surface area contributed by atoms with Gasteiger partial charge in [0.15, 0.2) is 0 Å². The first-order valence-corrected chi connectivity index (χ1v) is 4.75.